The Morgan fingerprint density at radius 2 is 1.79 bits per heavy atom. The van der Waals surface area contributed by atoms with E-state index in [1.54, 1.807) is 22.0 Å². The van der Waals surface area contributed by atoms with Crippen LogP contribution in [0.1, 0.15) is 60.2 Å². The van der Waals surface area contributed by atoms with Gasteiger partial charge in [-0.3, -0.25) is 24.0 Å². The number of halogens is 1. The summed E-state index contributed by atoms with van der Waals surface area (Å²) < 4.78 is 2.20. The molecule has 13 heteroatoms. The van der Waals surface area contributed by atoms with Gasteiger partial charge in [0.2, 0.25) is 11.8 Å². The highest BCUT2D eigenvalue weighted by Gasteiger charge is 2.68. The lowest BCUT2D eigenvalue weighted by atomic mass is 9.91. The van der Waals surface area contributed by atoms with Gasteiger partial charge in [-0.2, -0.15) is 5.10 Å². The highest BCUT2D eigenvalue weighted by Crippen LogP contribution is 2.62. The molecule has 1 unspecified atom stereocenters. The minimum atomic E-state index is -0.640. The number of hydrogen-bond donors (Lipinski definition) is 1. The van der Waals surface area contributed by atoms with Gasteiger partial charge in [-0.05, 0) is 85.5 Å². The molecule has 0 bridgehead atoms. The van der Waals surface area contributed by atoms with Crippen LogP contribution in [0.15, 0.2) is 35.2 Å². The first-order valence-corrected chi connectivity index (χ1v) is 16.9. The highest BCUT2D eigenvalue weighted by atomic mass is 79.9. The highest BCUT2D eigenvalue weighted by molar-refractivity contribution is 9.10. The third-order valence-corrected chi connectivity index (χ3v) is 11.0. The summed E-state index contributed by atoms with van der Waals surface area (Å²) in [5.74, 6) is 0.475. The lowest BCUT2D eigenvalue weighted by Gasteiger charge is -2.42. The average molecular weight is 699 g/mol. The van der Waals surface area contributed by atoms with E-state index in [2.05, 4.69) is 46.2 Å². The van der Waals surface area contributed by atoms with Gasteiger partial charge in [0, 0.05) is 61.4 Å². The fourth-order valence-electron chi connectivity index (χ4n) is 7.88. The lowest BCUT2D eigenvalue weighted by Crippen LogP contribution is -2.50. The standard InChI is InChI=1S/C34H36BrN9O3/c1-18-5-6-27(35)39-31(18)40-32(47)25-10-34(17-42-15-33(16-42)7-8-33)11-26(34)44(25)28(46)14-43-30-19(2)38-24(22-12-36-21(4)37-13-22)9-23(30)29(41-43)20(3)45/h5-6,9,12-13,25-26H,7-8,10-11,14-17H2,1-4H3,(H,39,40,47)/t25-,26?,34-/m0/s1. The SMILES string of the molecule is CC(=O)c1nn(CC(=O)N2C3C[C@]3(CN3CC4(CC4)C3)C[C@H]2C(=O)Nc2nc(Br)ccc2C)c2c(C)nc(-c3cnc(C)nc3)cc12. The molecular formula is C34H36BrN9O3. The lowest BCUT2D eigenvalue weighted by molar-refractivity contribution is -0.138. The minimum absolute atomic E-state index is 0.0282. The Hall–Kier alpha value is -4.10. The van der Waals surface area contributed by atoms with Gasteiger partial charge in [0.1, 0.15) is 34.5 Å². The number of piperidine rings is 1. The van der Waals surface area contributed by atoms with E-state index in [0.717, 1.165) is 37.2 Å². The number of Topliss-reactive ketones (excluding diaryl/α,β-unsaturated/α-hetero) is 1. The predicted molar refractivity (Wildman–Crippen MR) is 178 cm³/mol. The number of rotatable bonds is 8. The molecule has 242 valence electrons. The zero-order valence-electron chi connectivity index (χ0n) is 26.9. The Balaban J connectivity index is 1.10. The normalized spacial score (nSPS) is 23.9. The van der Waals surface area contributed by atoms with Crippen LogP contribution in [0, 0.1) is 31.6 Å². The number of nitrogens with zero attached hydrogens (tertiary/aromatic N) is 8. The van der Waals surface area contributed by atoms with Crippen LogP contribution in [-0.2, 0) is 16.1 Å². The maximum atomic E-state index is 14.3. The van der Waals surface area contributed by atoms with Crippen LogP contribution in [0.4, 0.5) is 5.82 Å². The maximum absolute atomic E-state index is 14.3. The van der Waals surface area contributed by atoms with E-state index in [1.165, 1.54) is 19.8 Å². The first kappa shape index (κ1) is 30.2. The Morgan fingerprint density at radius 1 is 1.04 bits per heavy atom. The number of fused-ring (bicyclic) bond motifs is 2. The number of carbonyl (C=O) groups is 3. The molecule has 8 rings (SSSR count). The molecule has 0 aromatic carbocycles. The van der Waals surface area contributed by atoms with Gasteiger partial charge in [0.25, 0.3) is 0 Å². The predicted octanol–water partition coefficient (Wildman–Crippen LogP) is 4.27. The molecule has 2 aliphatic heterocycles. The molecule has 0 radical (unpaired) electrons. The monoisotopic (exact) mass is 697 g/mol. The molecule has 1 spiro atoms. The second-order valence-corrected chi connectivity index (χ2v) is 14.9. The number of hydrogen-bond acceptors (Lipinski definition) is 9. The van der Waals surface area contributed by atoms with Crippen molar-refractivity contribution in [3.63, 3.8) is 0 Å². The van der Waals surface area contributed by atoms with E-state index in [0.29, 0.717) is 50.4 Å². The summed E-state index contributed by atoms with van der Waals surface area (Å²) in [6, 6.07) is 4.87. The number of ketones is 1. The molecule has 4 aliphatic rings. The summed E-state index contributed by atoms with van der Waals surface area (Å²) >= 11 is 3.40. The van der Waals surface area contributed by atoms with Crippen molar-refractivity contribution < 1.29 is 14.4 Å². The van der Waals surface area contributed by atoms with Crippen molar-refractivity contribution in [2.75, 3.05) is 25.0 Å². The van der Waals surface area contributed by atoms with Crippen molar-refractivity contribution in [1.82, 2.24) is 39.5 Å². The van der Waals surface area contributed by atoms with Gasteiger partial charge in [0.05, 0.1) is 16.9 Å². The quantitative estimate of drug-likeness (QED) is 0.211. The molecule has 2 saturated carbocycles. The van der Waals surface area contributed by atoms with E-state index < -0.39 is 6.04 Å². The maximum Gasteiger partial charge on any atom is 0.248 e. The number of carbonyl (C=O) groups excluding carboxylic acids is 3. The Labute approximate surface area is 280 Å². The number of aromatic nitrogens is 6. The fraction of sp³-hybridized carbons (Fsp3) is 0.471. The van der Waals surface area contributed by atoms with Gasteiger partial charge in [0.15, 0.2) is 5.78 Å². The third-order valence-electron chi connectivity index (χ3n) is 10.5. The van der Waals surface area contributed by atoms with Crippen LogP contribution < -0.4 is 5.32 Å². The molecule has 2 aliphatic carbocycles. The summed E-state index contributed by atoms with van der Waals surface area (Å²) in [6.45, 7) is 10.0. The third kappa shape index (κ3) is 5.23. The molecule has 6 heterocycles. The van der Waals surface area contributed by atoms with Crippen LogP contribution in [0.25, 0.3) is 22.2 Å². The summed E-state index contributed by atoms with van der Waals surface area (Å²) in [5, 5.41) is 8.27. The molecule has 2 saturated heterocycles. The van der Waals surface area contributed by atoms with Gasteiger partial charge in [-0.15, -0.1) is 0 Å². The molecule has 4 aromatic rings. The summed E-state index contributed by atoms with van der Waals surface area (Å²) in [5.41, 5.74) is 4.13. The molecule has 3 atom stereocenters. The first-order chi connectivity index (χ1) is 22.4. The van der Waals surface area contributed by atoms with Crippen LogP contribution in [0.2, 0.25) is 0 Å². The van der Waals surface area contributed by atoms with Crippen LogP contribution in [-0.4, -0.2) is 88.8 Å². The number of amides is 2. The van der Waals surface area contributed by atoms with Crippen LogP contribution in [0.5, 0.6) is 0 Å². The summed E-state index contributed by atoms with van der Waals surface area (Å²) in [4.78, 5) is 63.2. The van der Waals surface area contributed by atoms with E-state index in [9.17, 15) is 14.4 Å². The Kier molecular flexibility index (Phi) is 6.89. The van der Waals surface area contributed by atoms with Crippen molar-refractivity contribution in [2.45, 2.75) is 72.0 Å². The molecule has 2 amide bonds. The van der Waals surface area contributed by atoms with Crippen molar-refractivity contribution in [3.05, 3.63) is 58.0 Å². The van der Waals surface area contributed by atoms with Gasteiger partial charge in [-0.1, -0.05) is 6.07 Å². The van der Waals surface area contributed by atoms with Crippen LogP contribution >= 0.6 is 15.9 Å². The number of anilines is 1. The second-order valence-electron chi connectivity index (χ2n) is 14.1. The second kappa shape index (κ2) is 10.7. The molecular weight excluding hydrogens is 662 g/mol. The van der Waals surface area contributed by atoms with E-state index >= 15 is 0 Å². The van der Waals surface area contributed by atoms with E-state index in [-0.39, 0.29) is 41.3 Å². The zero-order chi connectivity index (χ0) is 32.8. The smallest absolute Gasteiger partial charge is 0.248 e. The van der Waals surface area contributed by atoms with Gasteiger partial charge < -0.3 is 15.1 Å². The topological polar surface area (TPSA) is 139 Å². The van der Waals surface area contributed by atoms with Crippen molar-refractivity contribution in [2.24, 2.45) is 10.8 Å². The average Bonchev–Trinajstić information content (AvgIpc) is 3.88. The van der Waals surface area contributed by atoms with Gasteiger partial charge >= 0.3 is 0 Å². The number of pyridine rings is 2. The minimum Gasteiger partial charge on any atom is -0.325 e. The number of likely N-dealkylation sites (tertiary alicyclic amines) is 2. The van der Waals surface area contributed by atoms with Crippen molar-refractivity contribution >= 4 is 50.2 Å². The van der Waals surface area contributed by atoms with Crippen molar-refractivity contribution in [1.29, 1.82) is 0 Å². The van der Waals surface area contributed by atoms with Crippen molar-refractivity contribution in [3.8, 4) is 11.3 Å². The van der Waals surface area contributed by atoms with Gasteiger partial charge in [-0.25, -0.2) is 15.0 Å². The molecule has 12 nitrogen and oxygen atoms in total. The largest absolute Gasteiger partial charge is 0.325 e. The number of aryl methyl sites for hydroxylation is 3. The Bertz CT molecular complexity index is 1980. The molecule has 4 aromatic heterocycles. The summed E-state index contributed by atoms with van der Waals surface area (Å²) in [6.07, 6.45) is 7.50. The summed E-state index contributed by atoms with van der Waals surface area (Å²) in [7, 11) is 0. The van der Waals surface area contributed by atoms with E-state index in [4.69, 9.17) is 4.98 Å². The number of nitrogens with one attached hydrogen (secondary N) is 1. The first-order valence-electron chi connectivity index (χ1n) is 16.1. The fourth-order valence-corrected chi connectivity index (χ4v) is 8.19. The van der Waals surface area contributed by atoms with Crippen LogP contribution in [0.3, 0.4) is 0 Å². The Morgan fingerprint density at radius 3 is 2.49 bits per heavy atom. The molecule has 4 fully saturated rings. The zero-order valence-corrected chi connectivity index (χ0v) is 28.5. The molecule has 47 heavy (non-hydrogen) atoms. The molecule has 1 N–H and O–H groups in total. The van der Waals surface area contributed by atoms with E-state index in [1.807, 2.05) is 39.0 Å².